The van der Waals surface area contributed by atoms with Crippen LogP contribution < -0.4 is 4.72 Å². The first-order valence-corrected chi connectivity index (χ1v) is 8.97. The molecule has 0 spiro atoms. The maximum atomic E-state index is 11.8. The predicted octanol–water partition coefficient (Wildman–Crippen LogP) is 2.93. The van der Waals surface area contributed by atoms with Crippen LogP contribution in [0, 0.1) is 0 Å². The van der Waals surface area contributed by atoms with Crippen molar-refractivity contribution in [3.8, 4) is 0 Å². The first-order valence-electron chi connectivity index (χ1n) is 7.18. The molecular weight excluding hydrogens is 354 g/mol. The van der Waals surface area contributed by atoms with E-state index in [9.17, 15) is 8.42 Å². The summed E-state index contributed by atoms with van der Waals surface area (Å²) in [6.45, 7) is 0. The van der Waals surface area contributed by atoms with Gasteiger partial charge in [0.25, 0.3) is 0 Å². The molecule has 0 bridgehead atoms. The fourth-order valence-corrected chi connectivity index (χ4v) is 3.23. The highest BCUT2D eigenvalue weighted by Crippen LogP contribution is 2.41. The molecule has 0 aliphatic carbocycles. The molecule has 3 rings (SSSR count). The van der Waals surface area contributed by atoms with E-state index < -0.39 is 28.9 Å². The van der Waals surface area contributed by atoms with Crippen molar-refractivity contribution in [3.63, 3.8) is 0 Å². The Hall–Kier alpha value is -1.48. The topological polar surface area (TPSA) is 73.9 Å². The predicted molar refractivity (Wildman–Crippen MR) is 88.4 cm³/mol. The summed E-state index contributed by atoms with van der Waals surface area (Å²) in [4.78, 5) is 0. The van der Waals surface area contributed by atoms with Crippen molar-refractivity contribution in [1.29, 1.82) is 0 Å². The van der Waals surface area contributed by atoms with E-state index >= 15 is 0 Å². The van der Waals surface area contributed by atoms with Gasteiger partial charge in [-0.25, -0.2) is 0 Å². The first kappa shape index (κ1) is 17.3. The maximum Gasteiger partial charge on any atom is 0.337 e. The van der Waals surface area contributed by atoms with Gasteiger partial charge < -0.3 is 9.47 Å². The molecule has 8 heteroatoms. The van der Waals surface area contributed by atoms with Gasteiger partial charge in [-0.2, -0.15) is 13.1 Å². The van der Waals surface area contributed by atoms with E-state index in [0.29, 0.717) is 10.6 Å². The van der Waals surface area contributed by atoms with Crippen molar-refractivity contribution >= 4 is 21.9 Å². The number of hydrogen-bond donors (Lipinski definition) is 1. The monoisotopic (exact) mass is 369 g/mol. The Morgan fingerprint density at radius 2 is 1.71 bits per heavy atom. The van der Waals surface area contributed by atoms with Gasteiger partial charge >= 0.3 is 10.3 Å². The van der Waals surface area contributed by atoms with Crippen LogP contribution in [0.2, 0.25) is 5.02 Å². The Morgan fingerprint density at radius 3 is 2.38 bits per heavy atom. The van der Waals surface area contributed by atoms with E-state index in [0.717, 1.165) is 12.7 Å². The molecule has 1 N–H and O–H groups in total. The molecule has 0 aromatic heterocycles. The lowest BCUT2D eigenvalue weighted by atomic mass is 10.1. The zero-order valence-corrected chi connectivity index (χ0v) is 14.3. The van der Waals surface area contributed by atoms with Crippen LogP contribution >= 0.6 is 11.6 Å². The average molecular weight is 370 g/mol. The molecule has 1 heterocycles. The molecule has 1 fully saturated rings. The second-order valence-electron chi connectivity index (χ2n) is 5.12. The minimum absolute atomic E-state index is 0.460. The van der Waals surface area contributed by atoms with E-state index in [4.69, 9.17) is 21.1 Å². The van der Waals surface area contributed by atoms with Crippen LogP contribution in [0.1, 0.15) is 23.5 Å². The second-order valence-corrected chi connectivity index (χ2v) is 7.00. The van der Waals surface area contributed by atoms with Gasteiger partial charge in [0, 0.05) is 16.1 Å². The molecule has 6 nitrogen and oxygen atoms in total. The number of ether oxygens (including phenoxy) is 2. The summed E-state index contributed by atoms with van der Waals surface area (Å²) in [5.41, 5.74) is 1.40. The Balaban J connectivity index is 1.92. The van der Waals surface area contributed by atoms with Gasteiger partial charge in [-0.15, -0.1) is 0 Å². The third-order valence-electron chi connectivity index (χ3n) is 3.58. The molecule has 0 radical (unpaired) electrons. The third-order valence-corrected chi connectivity index (χ3v) is 4.88. The highest BCUT2D eigenvalue weighted by atomic mass is 35.5. The Kier molecular flexibility index (Phi) is 5.19. The zero-order valence-electron chi connectivity index (χ0n) is 12.8. The van der Waals surface area contributed by atoms with E-state index in [1.54, 1.807) is 24.3 Å². The number of nitrogens with one attached hydrogen (secondary N) is 1. The number of benzene rings is 2. The number of halogens is 1. The minimum Gasteiger partial charge on any atom is -0.336 e. The van der Waals surface area contributed by atoms with Gasteiger partial charge in [-0.1, -0.05) is 60.1 Å². The second kappa shape index (κ2) is 7.18. The third kappa shape index (κ3) is 3.77. The largest absolute Gasteiger partial charge is 0.337 e. The highest BCUT2D eigenvalue weighted by molar-refractivity contribution is 7.84. The highest BCUT2D eigenvalue weighted by Gasteiger charge is 2.41. The molecule has 1 saturated heterocycles. The molecule has 0 amide bonds. The van der Waals surface area contributed by atoms with Crippen LogP contribution in [-0.2, 0) is 24.0 Å². The summed E-state index contributed by atoms with van der Waals surface area (Å²) in [6.07, 6.45) is -2.41. The van der Waals surface area contributed by atoms with Crippen LogP contribution in [0.3, 0.4) is 0 Å². The van der Waals surface area contributed by atoms with Crippen molar-refractivity contribution in [2.24, 2.45) is 0 Å². The summed E-state index contributed by atoms with van der Waals surface area (Å²) in [7, 11) is -2.89. The van der Waals surface area contributed by atoms with Gasteiger partial charge in [-0.05, 0) is 6.07 Å². The Bertz CT molecular complexity index is 799. The fourth-order valence-electron chi connectivity index (χ4n) is 2.43. The van der Waals surface area contributed by atoms with Crippen LogP contribution in [0.25, 0.3) is 0 Å². The molecular formula is C16H16ClNO5S. The average Bonchev–Trinajstić information content (AvgIpc) is 2.99. The molecule has 1 unspecified atom stereocenters. The van der Waals surface area contributed by atoms with Crippen LogP contribution in [0.15, 0.2) is 54.6 Å². The SMILES string of the molecule is COS(=O)(=O)N[C@H]1OC(c2ccccc2)O[C@H]1c1ccccc1Cl. The van der Waals surface area contributed by atoms with Gasteiger partial charge in [-0.3, -0.25) is 4.18 Å². The summed E-state index contributed by atoms with van der Waals surface area (Å²) in [6, 6.07) is 16.3. The van der Waals surface area contributed by atoms with Crippen LogP contribution in [0.5, 0.6) is 0 Å². The van der Waals surface area contributed by atoms with Gasteiger partial charge in [0.1, 0.15) is 6.10 Å². The summed E-state index contributed by atoms with van der Waals surface area (Å²) >= 11 is 6.22. The van der Waals surface area contributed by atoms with Crippen molar-refractivity contribution in [3.05, 3.63) is 70.7 Å². The molecule has 2 aromatic rings. The summed E-state index contributed by atoms with van der Waals surface area (Å²) in [5.74, 6) is 0. The quantitative estimate of drug-likeness (QED) is 0.877. The van der Waals surface area contributed by atoms with E-state index in [2.05, 4.69) is 8.91 Å². The van der Waals surface area contributed by atoms with Crippen molar-refractivity contribution in [2.75, 3.05) is 7.11 Å². The summed E-state index contributed by atoms with van der Waals surface area (Å²) < 4.78 is 42.0. The van der Waals surface area contributed by atoms with Crippen LogP contribution in [0.4, 0.5) is 0 Å². The van der Waals surface area contributed by atoms with Gasteiger partial charge in [0.2, 0.25) is 0 Å². The minimum atomic E-state index is -3.96. The molecule has 24 heavy (non-hydrogen) atoms. The zero-order chi connectivity index (χ0) is 17.2. The maximum absolute atomic E-state index is 11.8. The Morgan fingerprint density at radius 1 is 1.04 bits per heavy atom. The molecule has 1 aliphatic heterocycles. The summed E-state index contributed by atoms with van der Waals surface area (Å²) in [5, 5.41) is 0.460. The van der Waals surface area contributed by atoms with Crippen molar-refractivity contribution in [2.45, 2.75) is 18.6 Å². The van der Waals surface area contributed by atoms with Gasteiger partial charge in [0.15, 0.2) is 12.5 Å². The first-order chi connectivity index (χ1) is 11.5. The van der Waals surface area contributed by atoms with E-state index in [-0.39, 0.29) is 0 Å². The number of rotatable bonds is 5. The molecule has 0 saturated carbocycles. The number of hydrogen-bond acceptors (Lipinski definition) is 5. The van der Waals surface area contributed by atoms with E-state index in [1.165, 1.54) is 0 Å². The van der Waals surface area contributed by atoms with Crippen LogP contribution in [-0.4, -0.2) is 21.8 Å². The molecule has 3 atom stereocenters. The lowest BCUT2D eigenvalue weighted by Crippen LogP contribution is -2.38. The fraction of sp³-hybridized carbons (Fsp3) is 0.250. The lowest BCUT2D eigenvalue weighted by Gasteiger charge is -2.18. The standard InChI is InChI=1S/C16H16ClNO5S/c1-21-24(19,20)18-15-14(12-9-5-6-10-13(12)17)22-16(23-15)11-7-3-2-4-8-11/h2-10,14-16,18H,1H3/t14-,15-,16?/m0/s1. The van der Waals surface area contributed by atoms with Crippen molar-refractivity contribution < 1.29 is 22.1 Å². The van der Waals surface area contributed by atoms with E-state index in [1.807, 2.05) is 30.3 Å². The smallest absolute Gasteiger partial charge is 0.336 e. The van der Waals surface area contributed by atoms with Crippen molar-refractivity contribution in [1.82, 2.24) is 4.72 Å². The normalized spacial score (nSPS) is 24.2. The molecule has 1 aliphatic rings. The van der Waals surface area contributed by atoms with Gasteiger partial charge in [0.05, 0.1) is 7.11 Å². The molecule has 2 aromatic carbocycles. The Labute approximate surface area is 145 Å². The lowest BCUT2D eigenvalue weighted by molar-refractivity contribution is -0.0704. The molecule has 128 valence electrons.